The molecule has 0 bridgehead atoms. The summed E-state index contributed by atoms with van der Waals surface area (Å²) in [7, 11) is 0. The molecule has 17 heavy (non-hydrogen) atoms. The van der Waals surface area contributed by atoms with E-state index in [1.165, 1.54) is 24.4 Å². The van der Waals surface area contributed by atoms with Gasteiger partial charge in [0.25, 0.3) is 0 Å². The van der Waals surface area contributed by atoms with Crippen LogP contribution >= 0.6 is 11.3 Å². The van der Waals surface area contributed by atoms with Gasteiger partial charge in [0, 0.05) is 18.0 Å². The Labute approximate surface area is 109 Å². The van der Waals surface area contributed by atoms with Gasteiger partial charge >= 0.3 is 0 Å². The normalized spacial score (nSPS) is 24.1. The van der Waals surface area contributed by atoms with E-state index in [0.29, 0.717) is 11.5 Å². The molecule has 1 aliphatic heterocycles. The van der Waals surface area contributed by atoms with E-state index in [4.69, 9.17) is 5.73 Å². The molecule has 96 valence electrons. The summed E-state index contributed by atoms with van der Waals surface area (Å²) in [6.07, 6.45) is 1.31. The van der Waals surface area contributed by atoms with Crippen molar-refractivity contribution in [3.05, 3.63) is 22.4 Å². The first kappa shape index (κ1) is 13.1. The first-order chi connectivity index (χ1) is 8.02. The van der Waals surface area contributed by atoms with Crippen LogP contribution in [0, 0.1) is 11.3 Å². The zero-order valence-electron chi connectivity index (χ0n) is 11.1. The molecule has 2 heterocycles. The molecule has 0 aliphatic carbocycles. The van der Waals surface area contributed by atoms with Crippen molar-refractivity contribution >= 4 is 11.3 Å². The van der Waals surface area contributed by atoms with Crippen molar-refractivity contribution < 1.29 is 0 Å². The number of hydrogen-bond donors (Lipinski definition) is 1. The summed E-state index contributed by atoms with van der Waals surface area (Å²) >= 11 is 1.83. The van der Waals surface area contributed by atoms with Crippen molar-refractivity contribution in [2.45, 2.75) is 33.2 Å². The van der Waals surface area contributed by atoms with Gasteiger partial charge in [-0.1, -0.05) is 26.8 Å². The van der Waals surface area contributed by atoms with Crippen molar-refractivity contribution in [1.82, 2.24) is 4.90 Å². The number of nitrogens with zero attached hydrogens (tertiary/aromatic N) is 1. The van der Waals surface area contributed by atoms with E-state index in [0.717, 1.165) is 12.5 Å². The Morgan fingerprint density at radius 3 is 2.76 bits per heavy atom. The van der Waals surface area contributed by atoms with Crippen molar-refractivity contribution in [3.63, 3.8) is 0 Å². The van der Waals surface area contributed by atoms with Gasteiger partial charge in [0.2, 0.25) is 0 Å². The molecule has 0 amide bonds. The van der Waals surface area contributed by atoms with Crippen LogP contribution in [0.3, 0.4) is 0 Å². The molecule has 1 saturated heterocycles. The number of likely N-dealkylation sites (tertiary alicyclic amines) is 1. The molecule has 0 aromatic carbocycles. The molecular formula is C14H24N2S. The molecule has 1 aromatic rings. The highest BCUT2D eigenvalue weighted by Gasteiger charge is 2.34. The Bertz CT molecular complexity index is 340. The molecular weight excluding hydrogens is 228 g/mol. The van der Waals surface area contributed by atoms with E-state index in [1.54, 1.807) is 0 Å². The molecule has 2 N–H and O–H groups in total. The fourth-order valence-corrected chi connectivity index (χ4v) is 3.58. The topological polar surface area (TPSA) is 29.3 Å². The summed E-state index contributed by atoms with van der Waals surface area (Å²) in [6, 6.07) is 4.77. The largest absolute Gasteiger partial charge is 0.329 e. The van der Waals surface area contributed by atoms with Crippen LogP contribution in [-0.2, 0) is 0 Å². The van der Waals surface area contributed by atoms with E-state index in [9.17, 15) is 0 Å². The summed E-state index contributed by atoms with van der Waals surface area (Å²) in [4.78, 5) is 3.99. The van der Waals surface area contributed by atoms with E-state index in [1.807, 2.05) is 11.3 Å². The Morgan fingerprint density at radius 2 is 2.29 bits per heavy atom. The lowest BCUT2D eigenvalue weighted by atomic mass is 9.80. The second-order valence-corrected chi connectivity index (χ2v) is 7.09. The van der Waals surface area contributed by atoms with Crippen LogP contribution < -0.4 is 5.73 Å². The van der Waals surface area contributed by atoms with Gasteiger partial charge in [0.05, 0.1) is 6.04 Å². The van der Waals surface area contributed by atoms with Gasteiger partial charge in [0.15, 0.2) is 0 Å². The summed E-state index contributed by atoms with van der Waals surface area (Å²) in [5.41, 5.74) is 6.38. The van der Waals surface area contributed by atoms with Crippen LogP contribution in [0.4, 0.5) is 0 Å². The molecule has 3 heteroatoms. The fraction of sp³-hybridized carbons (Fsp3) is 0.714. The molecule has 1 aromatic heterocycles. The van der Waals surface area contributed by atoms with Gasteiger partial charge < -0.3 is 5.73 Å². The minimum absolute atomic E-state index is 0.420. The predicted octanol–water partition coefficient (Wildman–Crippen LogP) is 3.12. The molecule has 0 saturated carbocycles. The van der Waals surface area contributed by atoms with Gasteiger partial charge in [-0.15, -0.1) is 11.3 Å². The fourth-order valence-electron chi connectivity index (χ4n) is 2.70. The van der Waals surface area contributed by atoms with Gasteiger partial charge in [-0.2, -0.15) is 0 Å². The SMILES string of the molecule is CC(C)(C)C1CCN(C(CN)c2cccs2)C1. The lowest BCUT2D eigenvalue weighted by Gasteiger charge is -2.30. The van der Waals surface area contributed by atoms with E-state index >= 15 is 0 Å². The van der Waals surface area contributed by atoms with Crippen LogP contribution in [0.2, 0.25) is 0 Å². The Balaban J connectivity index is 2.04. The second-order valence-electron chi connectivity index (χ2n) is 6.11. The molecule has 0 radical (unpaired) electrons. The Kier molecular flexibility index (Phi) is 3.91. The molecule has 0 spiro atoms. The van der Waals surface area contributed by atoms with Crippen molar-refractivity contribution in [3.8, 4) is 0 Å². The zero-order chi connectivity index (χ0) is 12.5. The van der Waals surface area contributed by atoms with Gasteiger partial charge in [-0.05, 0) is 35.7 Å². The Hall–Kier alpha value is -0.380. The second kappa shape index (κ2) is 5.09. The lowest BCUT2D eigenvalue weighted by Crippen LogP contribution is -2.33. The summed E-state index contributed by atoms with van der Waals surface area (Å²) in [6.45, 7) is 10.2. The third-order valence-electron chi connectivity index (χ3n) is 3.98. The average molecular weight is 252 g/mol. The first-order valence-electron chi connectivity index (χ1n) is 6.50. The lowest BCUT2D eigenvalue weighted by molar-refractivity contribution is 0.199. The highest BCUT2D eigenvalue weighted by molar-refractivity contribution is 7.10. The quantitative estimate of drug-likeness (QED) is 0.895. The third kappa shape index (κ3) is 2.90. The molecule has 2 nitrogen and oxygen atoms in total. The first-order valence-corrected chi connectivity index (χ1v) is 7.38. The smallest absolute Gasteiger partial charge is 0.0564 e. The monoisotopic (exact) mass is 252 g/mol. The summed E-state index contributed by atoms with van der Waals surface area (Å²) in [5, 5.41) is 2.15. The summed E-state index contributed by atoms with van der Waals surface area (Å²) < 4.78 is 0. The maximum absolute atomic E-state index is 5.96. The van der Waals surface area contributed by atoms with Crippen LogP contribution in [-0.4, -0.2) is 24.5 Å². The van der Waals surface area contributed by atoms with E-state index in [2.05, 4.69) is 43.2 Å². The minimum atomic E-state index is 0.420. The number of nitrogens with two attached hydrogens (primary N) is 1. The molecule has 2 atom stereocenters. The number of hydrogen-bond acceptors (Lipinski definition) is 3. The highest BCUT2D eigenvalue weighted by atomic mass is 32.1. The van der Waals surface area contributed by atoms with Crippen molar-refractivity contribution in [2.75, 3.05) is 19.6 Å². The van der Waals surface area contributed by atoms with Crippen LogP contribution in [0.1, 0.15) is 38.1 Å². The van der Waals surface area contributed by atoms with Crippen LogP contribution in [0.15, 0.2) is 17.5 Å². The standard InChI is InChI=1S/C14H24N2S/c1-14(2,3)11-6-7-16(10-11)12(9-15)13-5-4-8-17-13/h4-5,8,11-12H,6-7,9-10,15H2,1-3H3. The van der Waals surface area contributed by atoms with Gasteiger partial charge in [0.1, 0.15) is 0 Å². The van der Waals surface area contributed by atoms with E-state index < -0.39 is 0 Å². The van der Waals surface area contributed by atoms with Crippen LogP contribution in [0.5, 0.6) is 0 Å². The minimum Gasteiger partial charge on any atom is -0.329 e. The maximum atomic E-state index is 5.96. The maximum Gasteiger partial charge on any atom is 0.0564 e. The summed E-state index contributed by atoms with van der Waals surface area (Å²) in [5.74, 6) is 0.802. The number of thiophene rings is 1. The molecule has 2 unspecified atom stereocenters. The molecule has 1 aliphatic rings. The van der Waals surface area contributed by atoms with Crippen molar-refractivity contribution in [1.29, 1.82) is 0 Å². The zero-order valence-corrected chi connectivity index (χ0v) is 12.0. The van der Waals surface area contributed by atoms with Gasteiger partial charge in [-0.25, -0.2) is 0 Å². The van der Waals surface area contributed by atoms with E-state index in [-0.39, 0.29) is 0 Å². The van der Waals surface area contributed by atoms with Crippen LogP contribution in [0.25, 0.3) is 0 Å². The third-order valence-corrected chi connectivity index (χ3v) is 4.95. The Morgan fingerprint density at radius 1 is 1.53 bits per heavy atom. The number of rotatable bonds is 3. The van der Waals surface area contributed by atoms with Crippen molar-refractivity contribution in [2.24, 2.45) is 17.1 Å². The molecule has 2 rings (SSSR count). The highest BCUT2D eigenvalue weighted by Crippen LogP contribution is 2.37. The predicted molar refractivity (Wildman–Crippen MR) is 75.2 cm³/mol. The van der Waals surface area contributed by atoms with Gasteiger partial charge in [-0.3, -0.25) is 4.90 Å². The average Bonchev–Trinajstić information content (AvgIpc) is 2.87. The molecule has 1 fully saturated rings.